The van der Waals surface area contributed by atoms with Crippen molar-refractivity contribution in [3.05, 3.63) is 63.6 Å². The van der Waals surface area contributed by atoms with Crippen molar-refractivity contribution >= 4 is 33.1 Å². The predicted molar refractivity (Wildman–Crippen MR) is 94.9 cm³/mol. The lowest BCUT2D eigenvalue weighted by Crippen LogP contribution is -2.19. The van der Waals surface area contributed by atoms with E-state index in [1.807, 2.05) is 19.1 Å². The number of thiazole rings is 1. The normalized spacial score (nSPS) is 10.9. The molecule has 0 aliphatic carbocycles. The van der Waals surface area contributed by atoms with E-state index in [2.05, 4.69) is 20.5 Å². The number of hydrogen-bond acceptors (Lipinski definition) is 6. The van der Waals surface area contributed by atoms with Crippen molar-refractivity contribution < 1.29 is 9.21 Å². The molecule has 0 aliphatic heterocycles. The molecule has 4 rings (SSSR count). The number of fused-ring (bicyclic) bond motifs is 1. The Labute approximate surface area is 145 Å². The molecule has 0 saturated carbocycles. The zero-order valence-electron chi connectivity index (χ0n) is 13.1. The van der Waals surface area contributed by atoms with Crippen LogP contribution in [0.2, 0.25) is 0 Å². The minimum atomic E-state index is -0.441. The first-order valence-electron chi connectivity index (χ1n) is 7.43. The fraction of sp³-hybridized carbons (Fsp3) is 0.0588. The number of aryl methyl sites for hydroxylation is 1. The van der Waals surface area contributed by atoms with Gasteiger partial charge >= 0.3 is 0 Å². The van der Waals surface area contributed by atoms with Crippen molar-refractivity contribution in [2.75, 3.05) is 5.32 Å². The average Bonchev–Trinajstić information content (AvgIpc) is 3.24. The summed E-state index contributed by atoms with van der Waals surface area (Å²) in [4.78, 5) is 28.7. The van der Waals surface area contributed by atoms with E-state index in [4.69, 9.17) is 4.42 Å². The smallest absolute Gasteiger partial charge is 0.278 e. The third kappa shape index (κ3) is 2.83. The van der Waals surface area contributed by atoms with E-state index < -0.39 is 5.91 Å². The summed E-state index contributed by atoms with van der Waals surface area (Å²) in [7, 11) is 0. The fourth-order valence-corrected chi connectivity index (χ4v) is 3.16. The highest BCUT2D eigenvalue weighted by atomic mass is 32.1. The van der Waals surface area contributed by atoms with Gasteiger partial charge in [-0.2, -0.15) is 5.10 Å². The number of rotatable bonds is 3. The fourth-order valence-electron chi connectivity index (χ4n) is 2.46. The van der Waals surface area contributed by atoms with Crippen LogP contribution >= 0.6 is 11.3 Å². The Kier molecular flexibility index (Phi) is 3.66. The molecule has 0 radical (unpaired) electrons. The van der Waals surface area contributed by atoms with Crippen molar-refractivity contribution in [2.45, 2.75) is 6.92 Å². The molecule has 2 N–H and O–H groups in total. The summed E-state index contributed by atoms with van der Waals surface area (Å²) >= 11 is 1.28. The molecule has 1 aromatic carbocycles. The minimum Gasteiger partial charge on any atom is -0.460 e. The van der Waals surface area contributed by atoms with E-state index in [1.165, 1.54) is 11.3 Å². The number of carbonyl (C=O) groups is 1. The Morgan fingerprint density at radius 3 is 2.76 bits per heavy atom. The molecule has 8 heteroatoms. The van der Waals surface area contributed by atoms with Crippen LogP contribution in [0.1, 0.15) is 16.2 Å². The Bertz CT molecular complexity index is 1140. The van der Waals surface area contributed by atoms with Crippen molar-refractivity contribution in [1.29, 1.82) is 0 Å². The van der Waals surface area contributed by atoms with Crippen molar-refractivity contribution in [3.8, 4) is 11.5 Å². The number of benzene rings is 1. The highest BCUT2D eigenvalue weighted by Crippen LogP contribution is 2.26. The quantitative estimate of drug-likeness (QED) is 0.590. The maximum absolute atomic E-state index is 12.5. The summed E-state index contributed by atoms with van der Waals surface area (Å²) in [5, 5.41) is 12.1. The van der Waals surface area contributed by atoms with Crippen molar-refractivity contribution in [2.24, 2.45) is 0 Å². The van der Waals surface area contributed by atoms with Gasteiger partial charge in [-0.3, -0.25) is 14.9 Å². The Morgan fingerprint density at radius 2 is 2.00 bits per heavy atom. The van der Waals surface area contributed by atoms with Gasteiger partial charge in [-0.05, 0) is 25.1 Å². The maximum atomic E-state index is 12.5. The highest BCUT2D eigenvalue weighted by Gasteiger charge is 2.16. The topological polar surface area (TPSA) is 101 Å². The second-order valence-corrected chi connectivity index (χ2v) is 6.21. The lowest BCUT2D eigenvalue weighted by atomic mass is 10.1. The van der Waals surface area contributed by atoms with Gasteiger partial charge < -0.3 is 4.42 Å². The number of hydrogen-bond donors (Lipinski definition) is 2. The number of aromatic nitrogens is 3. The van der Waals surface area contributed by atoms with E-state index in [9.17, 15) is 9.59 Å². The number of furan rings is 1. The van der Waals surface area contributed by atoms with E-state index >= 15 is 0 Å². The summed E-state index contributed by atoms with van der Waals surface area (Å²) in [5.74, 6) is 0.989. The van der Waals surface area contributed by atoms with Crippen molar-refractivity contribution in [3.63, 3.8) is 0 Å². The van der Waals surface area contributed by atoms with Crippen LogP contribution in [0, 0.1) is 6.92 Å². The van der Waals surface area contributed by atoms with Crippen LogP contribution in [-0.4, -0.2) is 21.1 Å². The van der Waals surface area contributed by atoms with Crippen molar-refractivity contribution in [1.82, 2.24) is 15.2 Å². The van der Waals surface area contributed by atoms with Crippen LogP contribution in [-0.2, 0) is 0 Å². The van der Waals surface area contributed by atoms with Gasteiger partial charge in [-0.1, -0.05) is 18.2 Å². The van der Waals surface area contributed by atoms with Crippen LogP contribution in [0.3, 0.4) is 0 Å². The first kappa shape index (κ1) is 15.3. The molecule has 124 valence electrons. The second-order valence-electron chi connectivity index (χ2n) is 5.35. The van der Waals surface area contributed by atoms with Gasteiger partial charge in [0, 0.05) is 10.8 Å². The monoisotopic (exact) mass is 352 g/mol. The number of nitrogens with one attached hydrogen (secondary N) is 2. The number of aromatic amines is 1. The van der Waals surface area contributed by atoms with E-state index in [-0.39, 0.29) is 11.3 Å². The molecule has 3 aromatic heterocycles. The van der Waals surface area contributed by atoms with E-state index in [1.54, 1.807) is 29.6 Å². The molecule has 0 aliphatic rings. The number of carbonyl (C=O) groups excluding carboxylic acids is 1. The molecule has 0 atom stereocenters. The zero-order chi connectivity index (χ0) is 17.4. The Morgan fingerprint density at radius 1 is 1.20 bits per heavy atom. The van der Waals surface area contributed by atoms with E-state index in [0.29, 0.717) is 27.4 Å². The van der Waals surface area contributed by atoms with Crippen LogP contribution in [0.15, 0.2) is 51.0 Å². The molecule has 0 spiro atoms. The van der Waals surface area contributed by atoms with Gasteiger partial charge in [0.1, 0.15) is 11.5 Å². The first-order chi connectivity index (χ1) is 12.1. The Balaban J connectivity index is 1.64. The van der Waals surface area contributed by atoms with Crippen LogP contribution in [0.4, 0.5) is 5.13 Å². The molecular formula is C17H12N4O3S. The molecule has 3 heterocycles. The number of H-pyrrole nitrogens is 1. The highest BCUT2D eigenvalue weighted by molar-refractivity contribution is 7.14. The standard InChI is InChI=1S/C17H12N4O3S/c1-9-6-7-13(24-9)12-8-25-17(18-12)19-16(23)14-10-4-2-3-5-11(10)15(22)21-20-14/h2-8H,1H3,(H,21,22)(H,18,19,23). The minimum absolute atomic E-state index is 0.140. The SMILES string of the molecule is Cc1ccc(-c2csc(NC(=O)c3n[nH]c(=O)c4ccccc34)n2)o1. The van der Waals surface area contributed by atoms with Gasteiger partial charge in [0.2, 0.25) is 0 Å². The summed E-state index contributed by atoms with van der Waals surface area (Å²) in [5.41, 5.74) is 0.449. The lowest BCUT2D eigenvalue weighted by Gasteiger charge is -2.04. The summed E-state index contributed by atoms with van der Waals surface area (Å²) in [6, 6.07) is 10.5. The average molecular weight is 352 g/mol. The van der Waals surface area contributed by atoms with Gasteiger partial charge in [0.25, 0.3) is 11.5 Å². The third-order valence-corrected chi connectivity index (χ3v) is 4.39. The molecule has 0 unspecified atom stereocenters. The molecule has 25 heavy (non-hydrogen) atoms. The summed E-state index contributed by atoms with van der Waals surface area (Å²) < 4.78 is 5.52. The number of nitrogens with zero attached hydrogens (tertiary/aromatic N) is 2. The lowest BCUT2D eigenvalue weighted by molar-refractivity contribution is 0.102. The number of anilines is 1. The molecule has 1 amide bonds. The zero-order valence-corrected chi connectivity index (χ0v) is 13.9. The largest absolute Gasteiger partial charge is 0.460 e. The number of amides is 1. The molecular weight excluding hydrogens is 340 g/mol. The van der Waals surface area contributed by atoms with Gasteiger partial charge in [0.15, 0.2) is 16.6 Å². The van der Waals surface area contributed by atoms with Gasteiger partial charge in [-0.25, -0.2) is 10.1 Å². The van der Waals surface area contributed by atoms with Crippen LogP contribution < -0.4 is 10.9 Å². The van der Waals surface area contributed by atoms with Gasteiger partial charge in [0.05, 0.1) is 5.39 Å². The molecule has 4 aromatic rings. The second kappa shape index (κ2) is 5.99. The van der Waals surface area contributed by atoms with E-state index in [0.717, 1.165) is 5.76 Å². The van der Waals surface area contributed by atoms with Crippen LogP contribution in [0.5, 0.6) is 0 Å². The molecule has 0 bridgehead atoms. The Hall–Kier alpha value is -3.26. The summed E-state index contributed by atoms with van der Waals surface area (Å²) in [6.07, 6.45) is 0. The summed E-state index contributed by atoms with van der Waals surface area (Å²) in [6.45, 7) is 1.85. The molecule has 0 saturated heterocycles. The van der Waals surface area contributed by atoms with Gasteiger partial charge in [-0.15, -0.1) is 11.3 Å². The molecule has 7 nitrogen and oxygen atoms in total. The molecule has 0 fully saturated rings. The predicted octanol–water partition coefficient (Wildman–Crippen LogP) is 3.20. The first-order valence-corrected chi connectivity index (χ1v) is 8.31. The third-order valence-electron chi connectivity index (χ3n) is 3.63. The maximum Gasteiger partial charge on any atom is 0.278 e. The van der Waals surface area contributed by atoms with Crippen LogP contribution in [0.25, 0.3) is 22.2 Å².